The summed E-state index contributed by atoms with van der Waals surface area (Å²) in [5.41, 5.74) is 3.90. The molecule has 1 N–H and O–H groups in total. The van der Waals surface area contributed by atoms with Crippen LogP contribution in [0.5, 0.6) is 0 Å². The highest BCUT2D eigenvalue weighted by atomic mass is 16.5. The van der Waals surface area contributed by atoms with Gasteiger partial charge in [0.1, 0.15) is 0 Å². The molecule has 0 fully saturated rings. The van der Waals surface area contributed by atoms with Crippen LogP contribution >= 0.6 is 0 Å². The first-order valence-electron chi connectivity index (χ1n) is 6.75. The molecule has 0 atom stereocenters. The quantitative estimate of drug-likeness (QED) is 0.521. The molecule has 22 heavy (non-hydrogen) atoms. The van der Waals surface area contributed by atoms with E-state index in [2.05, 4.69) is 10.5 Å². The molecule has 0 unspecified atom stereocenters. The van der Waals surface area contributed by atoms with Gasteiger partial charge in [0.2, 0.25) is 5.91 Å². The molecule has 0 saturated heterocycles. The van der Waals surface area contributed by atoms with Gasteiger partial charge in [-0.3, -0.25) is 4.79 Å². The van der Waals surface area contributed by atoms with Gasteiger partial charge in [-0.15, -0.1) is 0 Å². The minimum absolute atomic E-state index is 0.0597. The van der Waals surface area contributed by atoms with Crippen LogP contribution in [0.2, 0.25) is 0 Å². The number of carbonyl (C=O) groups excluding carboxylic acids is 2. The zero-order chi connectivity index (χ0) is 15.8. The van der Waals surface area contributed by atoms with Crippen molar-refractivity contribution in [3.63, 3.8) is 0 Å². The Morgan fingerprint density at radius 3 is 2.18 bits per heavy atom. The van der Waals surface area contributed by atoms with Crippen molar-refractivity contribution in [1.29, 1.82) is 0 Å². The standard InChI is InChI=1S/C17H16N2O3/c1-22-17(21)16(14-10-6-3-7-11-14)19-18-15(20)12-13-8-4-2-5-9-13/h2-11H,12H2,1H3,(H,18,20)/b19-16+. The van der Waals surface area contributed by atoms with Crippen LogP contribution in [-0.4, -0.2) is 24.7 Å². The number of rotatable bonds is 5. The highest BCUT2D eigenvalue weighted by Gasteiger charge is 2.15. The molecule has 0 aliphatic carbocycles. The topological polar surface area (TPSA) is 67.8 Å². The molecule has 0 aromatic heterocycles. The van der Waals surface area contributed by atoms with Gasteiger partial charge in [-0.2, -0.15) is 5.10 Å². The summed E-state index contributed by atoms with van der Waals surface area (Å²) in [6, 6.07) is 18.1. The maximum absolute atomic E-state index is 11.9. The minimum Gasteiger partial charge on any atom is -0.464 e. The third-order valence-corrected chi connectivity index (χ3v) is 2.93. The Bertz CT molecular complexity index is 667. The van der Waals surface area contributed by atoms with Crippen molar-refractivity contribution in [2.75, 3.05) is 7.11 Å². The predicted octanol–water partition coefficient (Wildman–Crippen LogP) is 1.92. The summed E-state index contributed by atoms with van der Waals surface area (Å²) in [6.07, 6.45) is 0.188. The molecule has 0 bridgehead atoms. The first kappa shape index (κ1) is 15.4. The van der Waals surface area contributed by atoms with E-state index in [-0.39, 0.29) is 18.0 Å². The van der Waals surface area contributed by atoms with E-state index in [1.165, 1.54) is 7.11 Å². The van der Waals surface area contributed by atoms with Crippen LogP contribution in [-0.2, 0) is 20.7 Å². The number of amides is 1. The van der Waals surface area contributed by atoms with E-state index in [1.54, 1.807) is 24.3 Å². The van der Waals surface area contributed by atoms with Crippen LogP contribution < -0.4 is 5.43 Å². The van der Waals surface area contributed by atoms with Gasteiger partial charge in [-0.25, -0.2) is 10.2 Å². The van der Waals surface area contributed by atoms with E-state index < -0.39 is 5.97 Å². The van der Waals surface area contributed by atoms with Crippen LogP contribution in [0.4, 0.5) is 0 Å². The Kier molecular flexibility index (Phi) is 5.43. The predicted molar refractivity (Wildman–Crippen MR) is 83.3 cm³/mol. The summed E-state index contributed by atoms with van der Waals surface area (Å²) in [6.45, 7) is 0. The Labute approximate surface area is 128 Å². The lowest BCUT2D eigenvalue weighted by molar-refractivity contribution is -0.132. The molecule has 0 radical (unpaired) electrons. The Morgan fingerprint density at radius 1 is 1.00 bits per heavy atom. The number of hydrogen-bond acceptors (Lipinski definition) is 4. The van der Waals surface area contributed by atoms with Gasteiger partial charge in [0.25, 0.3) is 0 Å². The molecule has 0 spiro atoms. The molecule has 0 aliphatic heterocycles. The van der Waals surface area contributed by atoms with Crippen LogP contribution in [0.1, 0.15) is 11.1 Å². The number of nitrogens with zero attached hydrogens (tertiary/aromatic N) is 1. The Morgan fingerprint density at radius 2 is 1.59 bits per heavy atom. The molecule has 5 heteroatoms. The second-order valence-electron chi connectivity index (χ2n) is 4.52. The highest BCUT2D eigenvalue weighted by Crippen LogP contribution is 2.03. The minimum atomic E-state index is -0.605. The first-order valence-corrected chi connectivity index (χ1v) is 6.75. The number of hydrogen-bond donors (Lipinski definition) is 1. The molecule has 0 heterocycles. The smallest absolute Gasteiger partial charge is 0.359 e. The molecule has 112 valence electrons. The molecule has 2 aromatic carbocycles. The van der Waals surface area contributed by atoms with Gasteiger partial charge in [0.05, 0.1) is 13.5 Å². The van der Waals surface area contributed by atoms with E-state index in [4.69, 9.17) is 4.74 Å². The van der Waals surface area contributed by atoms with Crippen LogP contribution in [0.3, 0.4) is 0 Å². The number of ether oxygens (including phenoxy) is 1. The largest absolute Gasteiger partial charge is 0.464 e. The normalized spacial score (nSPS) is 10.9. The fourth-order valence-electron chi connectivity index (χ4n) is 1.86. The summed E-state index contributed by atoms with van der Waals surface area (Å²) in [5, 5.41) is 3.90. The number of hydrazone groups is 1. The third kappa shape index (κ3) is 4.28. The molecule has 1 amide bonds. The maximum atomic E-state index is 11.9. The number of carbonyl (C=O) groups is 2. The van der Waals surface area contributed by atoms with Crippen molar-refractivity contribution in [2.45, 2.75) is 6.42 Å². The summed E-state index contributed by atoms with van der Waals surface area (Å²) in [7, 11) is 1.27. The average Bonchev–Trinajstić information content (AvgIpc) is 2.56. The highest BCUT2D eigenvalue weighted by molar-refractivity contribution is 6.43. The van der Waals surface area contributed by atoms with E-state index in [0.717, 1.165) is 5.56 Å². The molecule has 2 rings (SSSR count). The van der Waals surface area contributed by atoms with E-state index in [1.807, 2.05) is 36.4 Å². The summed E-state index contributed by atoms with van der Waals surface area (Å²) < 4.78 is 4.70. The van der Waals surface area contributed by atoms with E-state index >= 15 is 0 Å². The number of methoxy groups -OCH3 is 1. The van der Waals surface area contributed by atoms with Crippen molar-refractivity contribution >= 4 is 17.6 Å². The first-order chi connectivity index (χ1) is 10.7. The molecular formula is C17H16N2O3. The van der Waals surface area contributed by atoms with E-state index in [0.29, 0.717) is 5.56 Å². The number of esters is 1. The van der Waals surface area contributed by atoms with Crippen molar-refractivity contribution < 1.29 is 14.3 Å². The monoisotopic (exact) mass is 296 g/mol. The maximum Gasteiger partial charge on any atom is 0.359 e. The number of nitrogens with one attached hydrogen (secondary N) is 1. The lowest BCUT2D eigenvalue weighted by Crippen LogP contribution is -2.26. The van der Waals surface area contributed by atoms with Crippen molar-refractivity contribution in [3.8, 4) is 0 Å². The molecular weight excluding hydrogens is 280 g/mol. The van der Waals surface area contributed by atoms with E-state index in [9.17, 15) is 9.59 Å². The zero-order valence-corrected chi connectivity index (χ0v) is 12.2. The third-order valence-electron chi connectivity index (χ3n) is 2.93. The Balaban J connectivity index is 2.10. The second-order valence-corrected chi connectivity index (χ2v) is 4.52. The van der Waals surface area contributed by atoms with Crippen LogP contribution in [0.15, 0.2) is 65.8 Å². The molecule has 0 aliphatic rings. The van der Waals surface area contributed by atoms with Gasteiger partial charge in [0, 0.05) is 5.56 Å². The van der Waals surface area contributed by atoms with Crippen molar-refractivity contribution in [1.82, 2.24) is 5.43 Å². The van der Waals surface area contributed by atoms with Gasteiger partial charge >= 0.3 is 5.97 Å². The van der Waals surface area contributed by atoms with Gasteiger partial charge in [-0.05, 0) is 5.56 Å². The summed E-state index contributed by atoms with van der Waals surface area (Å²) >= 11 is 0. The zero-order valence-electron chi connectivity index (χ0n) is 12.2. The fourth-order valence-corrected chi connectivity index (χ4v) is 1.86. The van der Waals surface area contributed by atoms with Gasteiger partial charge in [-0.1, -0.05) is 60.7 Å². The average molecular weight is 296 g/mol. The fraction of sp³-hybridized carbons (Fsp3) is 0.118. The second kappa shape index (κ2) is 7.73. The Hall–Kier alpha value is -2.95. The molecule has 5 nitrogen and oxygen atoms in total. The lowest BCUT2D eigenvalue weighted by atomic mass is 10.1. The van der Waals surface area contributed by atoms with Crippen LogP contribution in [0.25, 0.3) is 0 Å². The van der Waals surface area contributed by atoms with Crippen molar-refractivity contribution in [2.24, 2.45) is 5.10 Å². The van der Waals surface area contributed by atoms with Crippen molar-refractivity contribution in [3.05, 3.63) is 71.8 Å². The lowest BCUT2D eigenvalue weighted by Gasteiger charge is -2.05. The number of benzene rings is 2. The summed E-state index contributed by atoms with van der Waals surface area (Å²) in [4.78, 5) is 23.7. The van der Waals surface area contributed by atoms with Gasteiger partial charge in [0.15, 0.2) is 5.71 Å². The van der Waals surface area contributed by atoms with Crippen LogP contribution in [0, 0.1) is 0 Å². The van der Waals surface area contributed by atoms with Gasteiger partial charge < -0.3 is 4.74 Å². The molecule has 2 aromatic rings. The molecule has 0 saturated carbocycles. The summed E-state index contributed by atoms with van der Waals surface area (Å²) in [5.74, 6) is -0.908. The SMILES string of the molecule is COC(=O)/C(=N/NC(=O)Cc1ccccc1)c1ccccc1.